The molecule has 1 aliphatic heterocycles. The fourth-order valence-electron chi connectivity index (χ4n) is 5.32. The maximum Gasteiger partial charge on any atom is 0.231 e. The van der Waals surface area contributed by atoms with Gasteiger partial charge in [-0.25, -0.2) is 4.39 Å². The Hall–Kier alpha value is -2.73. The van der Waals surface area contributed by atoms with Crippen molar-refractivity contribution >= 4 is 17.5 Å². The van der Waals surface area contributed by atoms with E-state index >= 15 is 0 Å². The van der Waals surface area contributed by atoms with Crippen molar-refractivity contribution < 1.29 is 14.0 Å². The Morgan fingerprint density at radius 1 is 1.09 bits per heavy atom. The zero-order chi connectivity index (χ0) is 24.2. The molecule has 2 aromatic carbocycles. The molecule has 0 radical (unpaired) electrons. The van der Waals surface area contributed by atoms with Crippen LogP contribution in [0.5, 0.6) is 0 Å². The summed E-state index contributed by atoms with van der Waals surface area (Å²) < 4.78 is 14.8. The lowest BCUT2D eigenvalue weighted by molar-refractivity contribution is -0.140. The van der Waals surface area contributed by atoms with Crippen LogP contribution >= 0.6 is 0 Å². The highest BCUT2D eigenvalue weighted by molar-refractivity contribution is 5.96. The van der Waals surface area contributed by atoms with Crippen LogP contribution in [0.15, 0.2) is 42.5 Å². The summed E-state index contributed by atoms with van der Waals surface area (Å²) in [5.41, 5.74) is 2.95. The van der Waals surface area contributed by atoms with Gasteiger partial charge in [0.15, 0.2) is 0 Å². The molecule has 0 aromatic heterocycles. The Kier molecular flexibility index (Phi) is 7.67. The van der Waals surface area contributed by atoms with Gasteiger partial charge >= 0.3 is 0 Å². The lowest BCUT2D eigenvalue weighted by atomic mass is 9.99. The number of piperazine rings is 1. The normalized spacial score (nSPS) is 20.4. The summed E-state index contributed by atoms with van der Waals surface area (Å²) >= 11 is 0. The first-order chi connectivity index (χ1) is 16.3. The number of nitrogens with one attached hydrogen (secondary N) is 1. The quantitative estimate of drug-likeness (QED) is 0.646. The number of anilines is 1. The van der Waals surface area contributed by atoms with Gasteiger partial charge < -0.3 is 10.2 Å². The molecule has 2 fully saturated rings. The summed E-state index contributed by atoms with van der Waals surface area (Å²) in [5.74, 6) is -0.194. The fraction of sp³-hybridized carbons (Fsp3) is 0.500. The molecule has 34 heavy (non-hydrogen) atoms. The molecule has 0 unspecified atom stereocenters. The molecular weight excluding hydrogens is 429 g/mol. The van der Waals surface area contributed by atoms with E-state index < -0.39 is 0 Å². The van der Waals surface area contributed by atoms with Gasteiger partial charge in [0.05, 0.1) is 5.92 Å². The zero-order valence-corrected chi connectivity index (χ0v) is 20.5. The summed E-state index contributed by atoms with van der Waals surface area (Å²) in [6.45, 7) is 8.42. The molecular formula is C28H36FN3O2. The van der Waals surface area contributed by atoms with Crippen LogP contribution in [0.3, 0.4) is 0 Å². The van der Waals surface area contributed by atoms with Gasteiger partial charge in [-0.15, -0.1) is 0 Å². The van der Waals surface area contributed by atoms with Crippen molar-refractivity contribution in [2.75, 3.05) is 25.0 Å². The van der Waals surface area contributed by atoms with Crippen LogP contribution in [0.25, 0.3) is 0 Å². The Labute approximate surface area is 202 Å². The van der Waals surface area contributed by atoms with Gasteiger partial charge in [0.25, 0.3) is 0 Å². The van der Waals surface area contributed by atoms with E-state index in [0.717, 1.165) is 49.9 Å². The molecule has 1 saturated heterocycles. The number of halogens is 1. The highest BCUT2D eigenvalue weighted by Gasteiger charge is 2.33. The van der Waals surface area contributed by atoms with Crippen molar-refractivity contribution in [2.24, 2.45) is 5.92 Å². The molecule has 2 aromatic rings. The minimum Gasteiger partial charge on any atom is -0.337 e. The number of hydrogen-bond acceptors (Lipinski definition) is 3. The van der Waals surface area contributed by atoms with Crippen LogP contribution in [0.2, 0.25) is 0 Å². The standard InChI is InChI=1S/C28H36FN3O2/c1-19-17-31(15-16-32(19)28(34)23-11-7-8-12-23)18-24-21(3)26(14-13-25(24)29)30-27(33)20(2)22-9-5-4-6-10-22/h4-6,9-10,13-14,19-20,23H,7-8,11-12,15-18H2,1-3H3,(H,30,33)/t19-,20-/m0/s1. The summed E-state index contributed by atoms with van der Waals surface area (Å²) in [6, 6.07) is 12.8. The highest BCUT2D eigenvalue weighted by atomic mass is 19.1. The van der Waals surface area contributed by atoms with E-state index in [2.05, 4.69) is 17.1 Å². The average molecular weight is 466 g/mol. The van der Waals surface area contributed by atoms with Crippen LogP contribution in [0.4, 0.5) is 10.1 Å². The van der Waals surface area contributed by atoms with E-state index in [9.17, 15) is 14.0 Å². The third kappa shape index (κ3) is 5.33. The molecule has 4 rings (SSSR count). The van der Waals surface area contributed by atoms with E-state index in [0.29, 0.717) is 30.2 Å². The van der Waals surface area contributed by atoms with Gasteiger partial charge in [0.1, 0.15) is 5.82 Å². The van der Waals surface area contributed by atoms with Crippen LogP contribution < -0.4 is 5.32 Å². The van der Waals surface area contributed by atoms with Crippen molar-refractivity contribution in [2.45, 2.75) is 65.0 Å². The predicted octanol–water partition coefficient (Wildman–Crippen LogP) is 5.10. The van der Waals surface area contributed by atoms with Gasteiger partial charge in [-0.05, 0) is 56.9 Å². The molecule has 5 nitrogen and oxygen atoms in total. The van der Waals surface area contributed by atoms with E-state index in [1.54, 1.807) is 6.07 Å². The van der Waals surface area contributed by atoms with Crippen molar-refractivity contribution in [3.63, 3.8) is 0 Å². The summed E-state index contributed by atoms with van der Waals surface area (Å²) in [4.78, 5) is 30.0. The van der Waals surface area contributed by atoms with Gasteiger partial charge in [-0.2, -0.15) is 0 Å². The molecule has 2 aliphatic rings. The predicted molar refractivity (Wildman–Crippen MR) is 133 cm³/mol. The smallest absolute Gasteiger partial charge is 0.231 e. The molecule has 1 N–H and O–H groups in total. The summed E-state index contributed by atoms with van der Waals surface area (Å²) in [6.07, 6.45) is 4.33. The van der Waals surface area contributed by atoms with Crippen molar-refractivity contribution in [3.05, 3.63) is 65.0 Å². The molecule has 0 spiro atoms. The zero-order valence-electron chi connectivity index (χ0n) is 20.5. The minimum atomic E-state index is -0.305. The number of carbonyl (C=O) groups excluding carboxylic acids is 2. The molecule has 2 atom stereocenters. The molecule has 1 saturated carbocycles. The van der Waals surface area contributed by atoms with Crippen LogP contribution in [-0.4, -0.2) is 47.3 Å². The van der Waals surface area contributed by atoms with Crippen molar-refractivity contribution in [3.8, 4) is 0 Å². The van der Waals surface area contributed by atoms with Gasteiger partial charge in [-0.1, -0.05) is 43.2 Å². The second-order valence-corrected chi connectivity index (χ2v) is 9.92. The Bertz CT molecular complexity index is 1020. The number of hydrogen-bond donors (Lipinski definition) is 1. The lowest BCUT2D eigenvalue weighted by Crippen LogP contribution is -2.54. The molecule has 0 bridgehead atoms. The largest absolute Gasteiger partial charge is 0.337 e. The maximum atomic E-state index is 14.8. The third-order valence-corrected chi connectivity index (χ3v) is 7.57. The lowest BCUT2D eigenvalue weighted by Gasteiger charge is -2.41. The molecule has 1 heterocycles. The van der Waals surface area contributed by atoms with E-state index in [1.807, 2.05) is 49.1 Å². The minimum absolute atomic E-state index is 0.111. The Morgan fingerprint density at radius 3 is 2.47 bits per heavy atom. The second kappa shape index (κ2) is 10.7. The Morgan fingerprint density at radius 2 is 1.79 bits per heavy atom. The average Bonchev–Trinajstić information content (AvgIpc) is 3.38. The molecule has 6 heteroatoms. The van der Waals surface area contributed by atoms with Gasteiger partial charge in [-0.3, -0.25) is 14.5 Å². The summed E-state index contributed by atoms with van der Waals surface area (Å²) in [5, 5.41) is 3.00. The summed E-state index contributed by atoms with van der Waals surface area (Å²) in [7, 11) is 0. The topological polar surface area (TPSA) is 52.7 Å². The molecule has 182 valence electrons. The number of benzene rings is 2. The number of amides is 2. The van der Waals surface area contributed by atoms with E-state index in [1.165, 1.54) is 6.07 Å². The van der Waals surface area contributed by atoms with Crippen molar-refractivity contribution in [1.29, 1.82) is 0 Å². The van der Waals surface area contributed by atoms with Crippen LogP contribution in [0, 0.1) is 18.7 Å². The Balaban J connectivity index is 1.41. The highest BCUT2D eigenvalue weighted by Crippen LogP contribution is 2.29. The number of nitrogens with zero attached hydrogens (tertiary/aromatic N) is 2. The first-order valence-electron chi connectivity index (χ1n) is 12.5. The molecule has 1 aliphatic carbocycles. The number of rotatable bonds is 6. The fourth-order valence-corrected chi connectivity index (χ4v) is 5.32. The van der Waals surface area contributed by atoms with Gasteiger partial charge in [0, 0.05) is 49.4 Å². The van der Waals surface area contributed by atoms with E-state index in [-0.39, 0.29) is 29.6 Å². The monoisotopic (exact) mass is 465 g/mol. The maximum absolute atomic E-state index is 14.8. The van der Waals surface area contributed by atoms with E-state index in [4.69, 9.17) is 0 Å². The second-order valence-electron chi connectivity index (χ2n) is 9.92. The first-order valence-corrected chi connectivity index (χ1v) is 12.5. The SMILES string of the molecule is Cc1c(NC(=O)[C@@H](C)c2ccccc2)ccc(F)c1CN1CCN(C(=O)C2CCCC2)[C@@H](C)C1. The number of carbonyl (C=O) groups is 2. The molecule has 2 amide bonds. The third-order valence-electron chi connectivity index (χ3n) is 7.57. The van der Waals surface area contributed by atoms with Crippen LogP contribution in [-0.2, 0) is 16.1 Å². The van der Waals surface area contributed by atoms with Crippen molar-refractivity contribution in [1.82, 2.24) is 9.80 Å². The van der Waals surface area contributed by atoms with Gasteiger partial charge in [0.2, 0.25) is 11.8 Å². The van der Waals surface area contributed by atoms with Crippen LogP contribution in [0.1, 0.15) is 62.1 Å². The first kappa shape index (κ1) is 24.4.